The third-order valence-corrected chi connectivity index (χ3v) is 2.64. The molecule has 0 saturated carbocycles. The molecule has 2 nitrogen and oxygen atoms in total. The highest BCUT2D eigenvalue weighted by molar-refractivity contribution is 4.84. The van der Waals surface area contributed by atoms with Crippen molar-refractivity contribution >= 4 is 0 Å². The van der Waals surface area contributed by atoms with Crippen LogP contribution in [0.15, 0.2) is 0 Å². The first-order valence-corrected chi connectivity index (χ1v) is 6.19. The second-order valence-electron chi connectivity index (χ2n) is 6.04. The summed E-state index contributed by atoms with van der Waals surface area (Å²) in [7, 11) is 2.03. The molecule has 0 aliphatic carbocycles. The third kappa shape index (κ3) is 6.16. The van der Waals surface area contributed by atoms with Crippen LogP contribution < -0.4 is 5.32 Å². The van der Waals surface area contributed by atoms with Crippen molar-refractivity contribution in [1.82, 2.24) is 10.2 Å². The lowest BCUT2D eigenvalue weighted by molar-refractivity contribution is 0.0909. The molecule has 0 rings (SSSR count). The molecule has 0 amide bonds. The number of nitrogens with one attached hydrogen (secondary N) is 1. The Hall–Kier alpha value is -0.0800. The number of hydrogen-bond donors (Lipinski definition) is 1. The van der Waals surface area contributed by atoms with E-state index in [2.05, 4.69) is 51.8 Å². The van der Waals surface area contributed by atoms with E-state index >= 15 is 0 Å². The Morgan fingerprint density at radius 2 is 1.40 bits per heavy atom. The molecule has 1 N–H and O–H groups in total. The fourth-order valence-corrected chi connectivity index (χ4v) is 1.99. The van der Waals surface area contributed by atoms with E-state index in [1.54, 1.807) is 0 Å². The molecule has 0 saturated heterocycles. The largest absolute Gasteiger partial charge is 0.318 e. The zero-order chi connectivity index (χ0) is 12.1. The van der Waals surface area contributed by atoms with Gasteiger partial charge in [-0.2, -0.15) is 0 Å². The minimum Gasteiger partial charge on any atom is -0.318 e. The van der Waals surface area contributed by atoms with Gasteiger partial charge in [0.15, 0.2) is 0 Å². The summed E-state index contributed by atoms with van der Waals surface area (Å²) in [6, 6.07) is 0. The van der Waals surface area contributed by atoms with E-state index < -0.39 is 0 Å². The number of rotatable bonds is 7. The molecule has 0 fully saturated rings. The van der Waals surface area contributed by atoms with E-state index in [-0.39, 0.29) is 5.54 Å². The summed E-state index contributed by atoms with van der Waals surface area (Å²) < 4.78 is 0. The van der Waals surface area contributed by atoms with Gasteiger partial charge < -0.3 is 5.32 Å². The molecular formula is C13H30N2. The maximum atomic E-state index is 3.29. The molecule has 0 radical (unpaired) electrons. The van der Waals surface area contributed by atoms with Crippen LogP contribution in [0.3, 0.4) is 0 Å². The monoisotopic (exact) mass is 214 g/mol. The highest BCUT2D eigenvalue weighted by Crippen LogP contribution is 2.17. The van der Waals surface area contributed by atoms with E-state index in [0.717, 1.165) is 18.4 Å². The van der Waals surface area contributed by atoms with Gasteiger partial charge in [0, 0.05) is 25.2 Å². The average molecular weight is 214 g/mol. The number of nitrogens with zero attached hydrogens (tertiary/aromatic N) is 1. The van der Waals surface area contributed by atoms with Crippen molar-refractivity contribution in [3.63, 3.8) is 0 Å². The van der Waals surface area contributed by atoms with Gasteiger partial charge in [0.25, 0.3) is 0 Å². The van der Waals surface area contributed by atoms with Crippen LogP contribution in [0.5, 0.6) is 0 Å². The molecule has 0 aliphatic heterocycles. The fourth-order valence-electron chi connectivity index (χ4n) is 1.99. The van der Waals surface area contributed by atoms with Gasteiger partial charge >= 0.3 is 0 Å². The molecular weight excluding hydrogens is 184 g/mol. The molecule has 0 atom stereocenters. The van der Waals surface area contributed by atoms with E-state index in [9.17, 15) is 0 Å². The Bertz CT molecular complexity index is 152. The van der Waals surface area contributed by atoms with Gasteiger partial charge in [-0.05, 0) is 32.7 Å². The van der Waals surface area contributed by atoms with Crippen molar-refractivity contribution in [3.05, 3.63) is 0 Å². The minimum absolute atomic E-state index is 0.253. The molecule has 0 aromatic rings. The van der Waals surface area contributed by atoms with Gasteiger partial charge in [-0.3, -0.25) is 4.90 Å². The zero-order valence-corrected chi connectivity index (χ0v) is 11.7. The van der Waals surface area contributed by atoms with Crippen LogP contribution in [0.1, 0.15) is 41.5 Å². The van der Waals surface area contributed by atoms with Gasteiger partial charge in [0.1, 0.15) is 0 Å². The van der Waals surface area contributed by atoms with E-state index in [4.69, 9.17) is 0 Å². The second kappa shape index (κ2) is 6.49. The summed E-state index contributed by atoms with van der Waals surface area (Å²) in [4.78, 5) is 2.61. The molecule has 0 heterocycles. The van der Waals surface area contributed by atoms with E-state index in [0.29, 0.717) is 0 Å². The summed E-state index contributed by atoms with van der Waals surface area (Å²) in [6.07, 6.45) is 0. The minimum atomic E-state index is 0.253. The maximum Gasteiger partial charge on any atom is 0.0277 e. The SMILES string of the molecule is CNCC(C)(C)N(CC(C)C)CC(C)C. The van der Waals surface area contributed by atoms with Gasteiger partial charge in [-0.25, -0.2) is 0 Å². The Kier molecular flexibility index (Phi) is 6.46. The van der Waals surface area contributed by atoms with Crippen LogP contribution in [0.25, 0.3) is 0 Å². The molecule has 0 aromatic heterocycles. The Balaban J connectivity index is 4.45. The first kappa shape index (κ1) is 14.9. The fraction of sp³-hybridized carbons (Fsp3) is 1.00. The van der Waals surface area contributed by atoms with Crippen LogP contribution >= 0.6 is 0 Å². The Labute approximate surface area is 96.4 Å². The van der Waals surface area contributed by atoms with Crippen LogP contribution in [0, 0.1) is 11.8 Å². The molecule has 0 aromatic carbocycles. The van der Waals surface area contributed by atoms with Gasteiger partial charge in [-0.15, -0.1) is 0 Å². The van der Waals surface area contributed by atoms with E-state index in [1.165, 1.54) is 13.1 Å². The van der Waals surface area contributed by atoms with Gasteiger partial charge in [0.2, 0.25) is 0 Å². The third-order valence-electron chi connectivity index (χ3n) is 2.64. The van der Waals surface area contributed by atoms with Crippen molar-refractivity contribution in [1.29, 1.82) is 0 Å². The summed E-state index contributed by atoms with van der Waals surface area (Å²) >= 11 is 0. The summed E-state index contributed by atoms with van der Waals surface area (Å²) in [5, 5.41) is 3.29. The van der Waals surface area contributed by atoms with Crippen molar-refractivity contribution in [3.8, 4) is 0 Å². The van der Waals surface area contributed by atoms with Crippen LogP contribution in [-0.4, -0.2) is 37.1 Å². The summed E-state index contributed by atoms with van der Waals surface area (Å²) in [6.45, 7) is 17.3. The molecule has 0 aliphatic rings. The summed E-state index contributed by atoms with van der Waals surface area (Å²) in [5.41, 5.74) is 0.253. The highest BCUT2D eigenvalue weighted by atomic mass is 15.2. The lowest BCUT2D eigenvalue weighted by atomic mass is 9.99. The molecule has 92 valence electrons. The molecule has 0 spiro atoms. The smallest absolute Gasteiger partial charge is 0.0277 e. The predicted molar refractivity (Wildman–Crippen MR) is 69.3 cm³/mol. The van der Waals surface area contributed by atoms with Crippen LogP contribution in [0.4, 0.5) is 0 Å². The Morgan fingerprint density at radius 3 is 1.67 bits per heavy atom. The van der Waals surface area contributed by atoms with Crippen molar-refractivity contribution in [2.24, 2.45) is 11.8 Å². The molecule has 2 heteroatoms. The van der Waals surface area contributed by atoms with Crippen LogP contribution in [0.2, 0.25) is 0 Å². The lowest BCUT2D eigenvalue weighted by Crippen LogP contribution is -2.52. The number of hydrogen-bond acceptors (Lipinski definition) is 2. The van der Waals surface area contributed by atoms with Gasteiger partial charge in [0.05, 0.1) is 0 Å². The predicted octanol–water partition coefficient (Wildman–Crippen LogP) is 2.60. The van der Waals surface area contributed by atoms with Crippen LogP contribution in [-0.2, 0) is 0 Å². The van der Waals surface area contributed by atoms with Crippen molar-refractivity contribution < 1.29 is 0 Å². The average Bonchev–Trinajstić information content (AvgIpc) is 2.00. The first-order valence-electron chi connectivity index (χ1n) is 6.19. The maximum absolute atomic E-state index is 3.29. The molecule has 0 unspecified atom stereocenters. The second-order valence-corrected chi connectivity index (χ2v) is 6.04. The van der Waals surface area contributed by atoms with Gasteiger partial charge in [-0.1, -0.05) is 27.7 Å². The molecule has 15 heavy (non-hydrogen) atoms. The molecule has 0 bridgehead atoms. The van der Waals surface area contributed by atoms with Crippen molar-refractivity contribution in [2.75, 3.05) is 26.7 Å². The van der Waals surface area contributed by atoms with E-state index in [1.807, 2.05) is 7.05 Å². The zero-order valence-electron chi connectivity index (χ0n) is 11.7. The topological polar surface area (TPSA) is 15.3 Å². The van der Waals surface area contributed by atoms with Crippen molar-refractivity contribution in [2.45, 2.75) is 47.1 Å². The number of likely N-dealkylation sites (N-methyl/N-ethyl adjacent to an activating group) is 1. The normalized spacial score (nSPS) is 13.2. The lowest BCUT2D eigenvalue weighted by Gasteiger charge is -2.40. The standard InChI is InChI=1S/C13H30N2/c1-11(2)8-15(9-12(3)4)13(5,6)10-14-7/h11-12,14H,8-10H2,1-7H3. The first-order chi connectivity index (χ1) is 6.79. The highest BCUT2D eigenvalue weighted by Gasteiger charge is 2.26. The Morgan fingerprint density at radius 1 is 1.00 bits per heavy atom. The summed E-state index contributed by atoms with van der Waals surface area (Å²) in [5.74, 6) is 1.47. The quantitative estimate of drug-likeness (QED) is 0.701.